The minimum atomic E-state index is -3.55. The summed E-state index contributed by atoms with van der Waals surface area (Å²) in [6.07, 6.45) is 0.763. The molecule has 5 nitrogen and oxygen atoms in total. The van der Waals surface area contributed by atoms with Crippen LogP contribution in [0.2, 0.25) is 0 Å². The number of sulfonamides is 1. The fourth-order valence-corrected chi connectivity index (χ4v) is 3.47. The summed E-state index contributed by atoms with van der Waals surface area (Å²) >= 11 is 0. The van der Waals surface area contributed by atoms with Gasteiger partial charge < -0.3 is 10.2 Å². The van der Waals surface area contributed by atoms with Crippen molar-refractivity contribution < 1.29 is 12.8 Å². The van der Waals surface area contributed by atoms with Gasteiger partial charge in [0.2, 0.25) is 10.0 Å². The minimum Gasteiger partial charge on any atom is -0.314 e. The van der Waals surface area contributed by atoms with Gasteiger partial charge in [0.15, 0.2) is 0 Å². The summed E-state index contributed by atoms with van der Waals surface area (Å²) in [5, 5.41) is 3.28. The molecule has 1 heterocycles. The van der Waals surface area contributed by atoms with Gasteiger partial charge in [-0.2, -0.15) is 0 Å². The largest absolute Gasteiger partial charge is 0.314 e. The van der Waals surface area contributed by atoms with E-state index >= 15 is 0 Å². The van der Waals surface area contributed by atoms with Crippen LogP contribution in [0.1, 0.15) is 12.0 Å². The highest BCUT2D eigenvalue weighted by molar-refractivity contribution is 7.89. The van der Waals surface area contributed by atoms with Crippen molar-refractivity contribution in [3.8, 4) is 0 Å². The fraction of sp³-hybridized carbons (Fsp3) is 0.571. The predicted octanol–water partition coefficient (Wildman–Crippen LogP) is 0.708. The van der Waals surface area contributed by atoms with E-state index in [1.807, 2.05) is 0 Å². The molecule has 1 aromatic carbocycles. The zero-order valence-electron chi connectivity index (χ0n) is 12.2. The Bertz CT molecular complexity index is 572. The Kier molecular flexibility index (Phi) is 5.69. The lowest BCUT2D eigenvalue weighted by Gasteiger charge is -2.27. The van der Waals surface area contributed by atoms with Gasteiger partial charge in [-0.15, -0.1) is 0 Å². The molecule has 0 unspecified atom stereocenters. The molecule has 0 bridgehead atoms. The Morgan fingerprint density at radius 3 is 2.71 bits per heavy atom. The molecule has 1 aliphatic heterocycles. The molecule has 0 spiro atoms. The molecule has 1 saturated heterocycles. The molecular weight excluding hydrogens is 293 g/mol. The van der Waals surface area contributed by atoms with Crippen molar-refractivity contribution in [3.05, 3.63) is 29.6 Å². The standard InChI is InChI=1S/C14H22FN3O2S/c1-12-11-13(3-4-14(12)15)21(19,20)17-5-2-8-18-9-6-16-7-10-18/h3-4,11,16-17H,2,5-10H2,1H3. The summed E-state index contributed by atoms with van der Waals surface area (Å²) in [4.78, 5) is 2.43. The number of benzene rings is 1. The molecule has 0 amide bonds. The second kappa shape index (κ2) is 7.31. The van der Waals surface area contributed by atoms with E-state index in [4.69, 9.17) is 0 Å². The third kappa shape index (κ3) is 4.74. The Balaban J connectivity index is 1.82. The summed E-state index contributed by atoms with van der Waals surface area (Å²) in [5.74, 6) is -0.396. The Hall–Kier alpha value is -1.02. The van der Waals surface area contributed by atoms with Gasteiger partial charge in [-0.3, -0.25) is 0 Å². The third-order valence-electron chi connectivity index (χ3n) is 3.59. The summed E-state index contributed by atoms with van der Waals surface area (Å²) < 4.78 is 39.9. The van der Waals surface area contributed by atoms with E-state index in [1.165, 1.54) is 18.2 Å². The van der Waals surface area contributed by atoms with Crippen LogP contribution >= 0.6 is 0 Å². The molecule has 21 heavy (non-hydrogen) atoms. The number of piperazine rings is 1. The van der Waals surface area contributed by atoms with Crippen LogP contribution in [0.25, 0.3) is 0 Å². The van der Waals surface area contributed by atoms with Gasteiger partial charge in [-0.05, 0) is 43.7 Å². The average Bonchev–Trinajstić information content (AvgIpc) is 2.47. The van der Waals surface area contributed by atoms with E-state index in [1.54, 1.807) is 6.92 Å². The number of rotatable bonds is 6. The van der Waals surface area contributed by atoms with Gasteiger partial charge in [0, 0.05) is 32.7 Å². The van der Waals surface area contributed by atoms with Gasteiger partial charge in [0.1, 0.15) is 5.82 Å². The minimum absolute atomic E-state index is 0.114. The number of halogens is 1. The zero-order chi connectivity index (χ0) is 15.3. The van der Waals surface area contributed by atoms with Gasteiger partial charge >= 0.3 is 0 Å². The fourth-order valence-electron chi connectivity index (χ4n) is 2.31. The number of hydrogen-bond donors (Lipinski definition) is 2. The molecule has 1 aliphatic rings. The predicted molar refractivity (Wildman–Crippen MR) is 80.3 cm³/mol. The van der Waals surface area contributed by atoms with E-state index in [0.29, 0.717) is 12.1 Å². The summed E-state index contributed by atoms with van der Waals surface area (Å²) in [5.41, 5.74) is 0.332. The lowest BCUT2D eigenvalue weighted by molar-refractivity contribution is 0.239. The Labute approximate surface area is 125 Å². The first-order valence-corrected chi connectivity index (χ1v) is 8.66. The van der Waals surface area contributed by atoms with Crippen molar-refractivity contribution in [1.82, 2.24) is 14.9 Å². The van der Waals surface area contributed by atoms with Gasteiger partial charge in [-0.25, -0.2) is 17.5 Å². The van der Waals surface area contributed by atoms with E-state index in [0.717, 1.165) is 39.1 Å². The van der Waals surface area contributed by atoms with Crippen molar-refractivity contribution >= 4 is 10.0 Å². The molecular formula is C14H22FN3O2S. The second-order valence-electron chi connectivity index (χ2n) is 5.25. The molecule has 118 valence electrons. The first-order chi connectivity index (χ1) is 9.99. The maximum absolute atomic E-state index is 13.2. The van der Waals surface area contributed by atoms with Gasteiger partial charge in [0.05, 0.1) is 4.90 Å². The van der Waals surface area contributed by atoms with Crippen molar-refractivity contribution in [3.63, 3.8) is 0 Å². The van der Waals surface area contributed by atoms with E-state index in [2.05, 4.69) is 14.9 Å². The van der Waals surface area contributed by atoms with Crippen LogP contribution in [-0.4, -0.2) is 52.6 Å². The maximum atomic E-state index is 13.2. The average molecular weight is 315 g/mol. The Morgan fingerprint density at radius 2 is 2.05 bits per heavy atom. The molecule has 2 rings (SSSR count). The highest BCUT2D eigenvalue weighted by Crippen LogP contribution is 2.13. The Morgan fingerprint density at radius 1 is 1.33 bits per heavy atom. The van der Waals surface area contributed by atoms with Crippen molar-refractivity contribution in [2.75, 3.05) is 39.3 Å². The topological polar surface area (TPSA) is 61.4 Å². The third-order valence-corrected chi connectivity index (χ3v) is 5.05. The van der Waals surface area contributed by atoms with Crippen LogP contribution in [0.5, 0.6) is 0 Å². The maximum Gasteiger partial charge on any atom is 0.240 e. The van der Waals surface area contributed by atoms with Crippen LogP contribution in [0.4, 0.5) is 4.39 Å². The second-order valence-corrected chi connectivity index (χ2v) is 7.02. The number of nitrogens with one attached hydrogen (secondary N) is 2. The first kappa shape index (κ1) is 16.4. The molecule has 2 N–H and O–H groups in total. The molecule has 1 aromatic rings. The molecule has 1 fully saturated rings. The van der Waals surface area contributed by atoms with Gasteiger partial charge in [0.25, 0.3) is 0 Å². The molecule has 0 aliphatic carbocycles. The number of hydrogen-bond acceptors (Lipinski definition) is 4. The van der Waals surface area contributed by atoms with Gasteiger partial charge in [-0.1, -0.05) is 0 Å². The zero-order valence-corrected chi connectivity index (χ0v) is 13.0. The SMILES string of the molecule is Cc1cc(S(=O)(=O)NCCCN2CCNCC2)ccc1F. The highest BCUT2D eigenvalue weighted by atomic mass is 32.2. The monoisotopic (exact) mass is 315 g/mol. The smallest absolute Gasteiger partial charge is 0.240 e. The first-order valence-electron chi connectivity index (χ1n) is 7.18. The molecule has 0 saturated carbocycles. The van der Waals surface area contributed by atoms with Crippen LogP contribution in [0.3, 0.4) is 0 Å². The quantitative estimate of drug-likeness (QED) is 0.759. The van der Waals surface area contributed by atoms with Crippen LogP contribution < -0.4 is 10.0 Å². The van der Waals surface area contributed by atoms with Crippen molar-refractivity contribution in [2.24, 2.45) is 0 Å². The highest BCUT2D eigenvalue weighted by Gasteiger charge is 2.15. The van der Waals surface area contributed by atoms with Crippen LogP contribution in [0.15, 0.2) is 23.1 Å². The normalized spacial score (nSPS) is 17.0. The molecule has 0 radical (unpaired) electrons. The lowest BCUT2D eigenvalue weighted by Crippen LogP contribution is -2.44. The van der Waals surface area contributed by atoms with E-state index in [-0.39, 0.29) is 4.90 Å². The van der Waals surface area contributed by atoms with E-state index in [9.17, 15) is 12.8 Å². The molecule has 7 heteroatoms. The summed E-state index contributed by atoms with van der Waals surface area (Å²) in [7, 11) is -3.55. The van der Waals surface area contributed by atoms with Crippen LogP contribution in [0, 0.1) is 12.7 Å². The lowest BCUT2D eigenvalue weighted by atomic mass is 10.2. The van der Waals surface area contributed by atoms with E-state index < -0.39 is 15.8 Å². The molecule has 0 aromatic heterocycles. The van der Waals surface area contributed by atoms with Crippen molar-refractivity contribution in [1.29, 1.82) is 0 Å². The number of aryl methyl sites for hydroxylation is 1. The van der Waals surface area contributed by atoms with Crippen molar-refractivity contribution in [2.45, 2.75) is 18.2 Å². The summed E-state index contributed by atoms with van der Waals surface area (Å²) in [6.45, 7) is 6.81. The molecule has 0 atom stereocenters. The summed E-state index contributed by atoms with van der Waals surface area (Å²) in [6, 6.07) is 3.83. The number of nitrogens with zero attached hydrogens (tertiary/aromatic N) is 1. The van der Waals surface area contributed by atoms with Crippen LogP contribution in [-0.2, 0) is 10.0 Å².